The van der Waals surface area contributed by atoms with Crippen molar-refractivity contribution in [2.45, 2.75) is 26.7 Å². The number of carboxylic acid groups (broad SMARTS) is 1. The van der Waals surface area contributed by atoms with Gasteiger partial charge >= 0.3 is 6.09 Å². The lowest BCUT2D eigenvalue weighted by atomic mass is 10.2. The molecule has 0 fully saturated rings. The Morgan fingerprint density at radius 1 is 1.35 bits per heavy atom. The fraction of sp³-hybridized carbons (Fsp3) is 0.353. The number of aryl methyl sites for hydroxylation is 2. The van der Waals surface area contributed by atoms with Crippen LogP contribution in [0.3, 0.4) is 0 Å². The first-order chi connectivity index (χ1) is 12.5. The van der Waals surface area contributed by atoms with Gasteiger partial charge in [0.25, 0.3) is 0 Å². The van der Waals surface area contributed by atoms with Gasteiger partial charge in [0.2, 0.25) is 0 Å². The topological polar surface area (TPSA) is 95.8 Å². The number of hydrogen-bond acceptors (Lipinski definition) is 4. The van der Waals surface area contributed by atoms with Crippen molar-refractivity contribution in [2.75, 3.05) is 18.1 Å². The highest BCUT2D eigenvalue weighted by Crippen LogP contribution is 2.21. The number of H-pyrrole nitrogens is 1. The zero-order valence-electron chi connectivity index (χ0n) is 14.6. The quantitative estimate of drug-likeness (QED) is 0.614. The van der Waals surface area contributed by atoms with Crippen LogP contribution in [0.5, 0.6) is 5.75 Å². The molecule has 0 atom stereocenters. The first-order valence-electron chi connectivity index (χ1n) is 8.32. The van der Waals surface area contributed by atoms with Gasteiger partial charge in [0, 0.05) is 18.7 Å². The number of carbonyl (C=O) groups is 1. The van der Waals surface area contributed by atoms with Gasteiger partial charge < -0.3 is 9.84 Å². The summed E-state index contributed by atoms with van der Waals surface area (Å²) in [6.45, 7) is 4.58. The average molecular weight is 378 g/mol. The second kappa shape index (κ2) is 7.65. The number of fused-ring (bicyclic) bond motifs is 1. The van der Waals surface area contributed by atoms with Crippen molar-refractivity contribution < 1.29 is 14.6 Å². The fourth-order valence-electron chi connectivity index (χ4n) is 2.69. The van der Waals surface area contributed by atoms with Crippen LogP contribution in [-0.4, -0.2) is 44.2 Å². The Morgan fingerprint density at radius 3 is 2.73 bits per heavy atom. The SMILES string of the molecule is CCN(C(=O)O)c1ccc(OCCCc2nnc3c(Cl)c(C)[nH]n23)cc1. The number of aromatic nitrogens is 4. The lowest BCUT2D eigenvalue weighted by Gasteiger charge is -2.17. The van der Waals surface area contributed by atoms with Crippen molar-refractivity contribution in [2.24, 2.45) is 0 Å². The van der Waals surface area contributed by atoms with E-state index in [-0.39, 0.29) is 0 Å². The summed E-state index contributed by atoms with van der Waals surface area (Å²) in [7, 11) is 0. The van der Waals surface area contributed by atoms with Crippen LogP contribution in [0, 0.1) is 6.92 Å². The number of aromatic amines is 1. The Bertz CT molecular complexity index is 903. The van der Waals surface area contributed by atoms with Gasteiger partial charge in [0.05, 0.1) is 12.3 Å². The summed E-state index contributed by atoms with van der Waals surface area (Å²) >= 11 is 6.14. The van der Waals surface area contributed by atoms with E-state index in [1.807, 2.05) is 6.92 Å². The van der Waals surface area contributed by atoms with E-state index in [2.05, 4.69) is 15.3 Å². The average Bonchev–Trinajstić information content (AvgIpc) is 3.14. The smallest absolute Gasteiger partial charge is 0.411 e. The van der Waals surface area contributed by atoms with E-state index in [0.29, 0.717) is 41.7 Å². The maximum atomic E-state index is 11.1. The molecule has 1 aromatic carbocycles. The second-order valence-corrected chi connectivity index (χ2v) is 6.18. The van der Waals surface area contributed by atoms with E-state index in [1.165, 1.54) is 4.90 Å². The van der Waals surface area contributed by atoms with Crippen molar-refractivity contribution >= 4 is 29.0 Å². The first kappa shape index (κ1) is 18.1. The molecule has 2 N–H and O–H groups in total. The van der Waals surface area contributed by atoms with Crippen molar-refractivity contribution in [1.82, 2.24) is 19.8 Å². The standard InChI is InChI=1S/C17H20ClN5O3/c1-3-22(17(24)25)12-6-8-13(9-7-12)26-10-4-5-14-19-20-16-15(18)11(2)21-23(14)16/h6-9,21H,3-5,10H2,1-2H3,(H,24,25). The third-order valence-corrected chi connectivity index (χ3v) is 4.50. The summed E-state index contributed by atoms with van der Waals surface area (Å²) in [6.07, 6.45) is 0.479. The number of nitrogens with one attached hydrogen (secondary N) is 1. The second-order valence-electron chi connectivity index (χ2n) is 5.80. The number of halogens is 1. The molecule has 0 aliphatic rings. The highest BCUT2D eigenvalue weighted by atomic mass is 35.5. The van der Waals surface area contributed by atoms with Crippen LogP contribution in [0.25, 0.3) is 5.65 Å². The van der Waals surface area contributed by atoms with E-state index >= 15 is 0 Å². The minimum Gasteiger partial charge on any atom is -0.494 e. The molecule has 3 aromatic rings. The Kier molecular flexibility index (Phi) is 5.32. The maximum absolute atomic E-state index is 11.1. The molecule has 0 radical (unpaired) electrons. The zero-order valence-corrected chi connectivity index (χ0v) is 15.3. The predicted molar refractivity (Wildman–Crippen MR) is 98.4 cm³/mol. The van der Waals surface area contributed by atoms with Crippen molar-refractivity contribution in [3.8, 4) is 5.75 Å². The maximum Gasteiger partial charge on any atom is 0.411 e. The highest BCUT2D eigenvalue weighted by Gasteiger charge is 2.13. The third-order valence-electron chi connectivity index (χ3n) is 4.04. The summed E-state index contributed by atoms with van der Waals surface area (Å²) in [6, 6.07) is 7.01. The molecule has 2 aromatic heterocycles. The molecule has 9 heteroatoms. The summed E-state index contributed by atoms with van der Waals surface area (Å²) in [4.78, 5) is 12.4. The van der Waals surface area contributed by atoms with Gasteiger partial charge in [0.15, 0.2) is 11.5 Å². The van der Waals surface area contributed by atoms with Crippen LogP contribution in [0.15, 0.2) is 24.3 Å². The molecule has 8 nitrogen and oxygen atoms in total. The lowest BCUT2D eigenvalue weighted by Crippen LogP contribution is -2.28. The van der Waals surface area contributed by atoms with Gasteiger partial charge in [-0.15, -0.1) is 10.2 Å². The van der Waals surface area contributed by atoms with Crippen LogP contribution < -0.4 is 9.64 Å². The Morgan fingerprint density at radius 2 is 2.08 bits per heavy atom. The van der Waals surface area contributed by atoms with Crippen LogP contribution in [0.4, 0.5) is 10.5 Å². The molecule has 0 bridgehead atoms. The van der Waals surface area contributed by atoms with Crippen molar-refractivity contribution in [3.63, 3.8) is 0 Å². The molecule has 138 valence electrons. The van der Waals surface area contributed by atoms with E-state index in [9.17, 15) is 4.79 Å². The van der Waals surface area contributed by atoms with Crippen molar-refractivity contribution in [1.29, 1.82) is 0 Å². The third kappa shape index (κ3) is 3.60. The number of nitrogens with zero attached hydrogens (tertiary/aromatic N) is 4. The summed E-state index contributed by atoms with van der Waals surface area (Å²) in [5.41, 5.74) is 2.11. The molecule has 0 spiro atoms. The molecule has 0 saturated heterocycles. The molecule has 26 heavy (non-hydrogen) atoms. The largest absolute Gasteiger partial charge is 0.494 e. The normalized spacial score (nSPS) is 11.0. The number of rotatable bonds is 7. The van der Waals surface area contributed by atoms with E-state index in [1.54, 1.807) is 35.7 Å². The molecule has 3 rings (SSSR count). The molecular weight excluding hydrogens is 358 g/mol. The predicted octanol–water partition coefficient (Wildman–Crippen LogP) is 3.54. The Balaban J connectivity index is 1.53. The van der Waals surface area contributed by atoms with E-state index in [4.69, 9.17) is 21.4 Å². The molecule has 0 unspecified atom stereocenters. The van der Waals surface area contributed by atoms with Gasteiger partial charge in [-0.3, -0.25) is 10.00 Å². The van der Waals surface area contributed by atoms with E-state index < -0.39 is 6.09 Å². The lowest BCUT2D eigenvalue weighted by molar-refractivity contribution is 0.202. The van der Waals surface area contributed by atoms with Crippen LogP contribution in [0.1, 0.15) is 24.9 Å². The number of anilines is 1. The Hall–Kier alpha value is -2.74. The number of ether oxygens (including phenoxy) is 1. The van der Waals surface area contributed by atoms with Gasteiger partial charge in [0.1, 0.15) is 10.8 Å². The molecule has 2 heterocycles. The van der Waals surface area contributed by atoms with Crippen LogP contribution in [0.2, 0.25) is 5.02 Å². The number of amides is 1. The first-order valence-corrected chi connectivity index (χ1v) is 8.70. The van der Waals surface area contributed by atoms with Crippen molar-refractivity contribution in [3.05, 3.63) is 40.8 Å². The molecule has 0 saturated carbocycles. The molecule has 0 aliphatic carbocycles. The summed E-state index contributed by atoms with van der Waals surface area (Å²) in [5, 5.41) is 21.1. The van der Waals surface area contributed by atoms with Gasteiger partial charge in [-0.25, -0.2) is 9.31 Å². The van der Waals surface area contributed by atoms with Crippen LogP contribution in [-0.2, 0) is 6.42 Å². The molecular formula is C17H20ClN5O3. The molecule has 0 aliphatic heterocycles. The summed E-state index contributed by atoms with van der Waals surface area (Å²) in [5.74, 6) is 1.49. The minimum absolute atomic E-state index is 0.393. The summed E-state index contributed by atoms with van der Waals surface area (Å²) < 4.78 is 7.50. The van der Waals surface area contributed by atoms with Gasteiger partial charge in [-0.1, -0.05) is 11.6 Å². The number of hydrogen-bond donors (Lipinski definition) is 2. The minimum atomic E-state index is -0.972. The van der Waals surface area contributed by atoms with Crippen LogP contribution >= 0.6 is 11.6 Å². The molecule has 1 amide bonds. The monoisotopic (exact) mass is 377 g/mol. The number of benzene rings is 1. The zero-order chi connectivity index (χ0) is 18.7. The van der Waals surface area contributed by atoms with Gasteiger partial charge in [-0.2, -0.15) is 0 Å². The van der Waals surface area contributed by atoms with Gasteiger partial charge in [-0.05, 0) is 44.5 Å². The fourth-order valence-corrected chi connectivity index (χ4v) is 2.86. The highest BCUT2D eigenvalue weighted by molar-refractivity contribution is 6.34. The Labute approximate surface area is 155 Å². The van der Waals surface area contributed by atoms with E-state index in [0.717, 1.165) is 17.9 Å².